The van der Waals surface area contributed by atoms with Crippen molar-refractivity contribution in [2.24, 2.45) is 0 Å². The lowest BCUT2D eigenvalue weighted by atomic mass is 10.1. The number of aliphatic hydroxyl groups excluding tert-OH is 1. The van der Waals surface area contributed by atoms with Crippen molar-refractivity contribution < 1.29 is 5.11 Å². The van der Waals surface area contributed by atoms with Gasteiger partial charge in [0.1, 0.15) is 11.0 Å². The molecule has 1 aromatic heterocycles. The van der Waals surface area contributed by atoms with Crippen LogP contribution in [0.25, 0.3) is 0 Å². The lowest BCUT2D eigenvalue weighted by Crippen LogP contribution is -2.30. The first-order chi connectivity index (χ1) is 7.31. The first-order valence-corrected chi connectivity index (χ1v) is 5.69. The van der Waals surface area contributed by atoms with Crippen LogP contribution in [0.4, 0.5) is 5.82 Å². The number of rotatable bonds is 3. The van der Waals surface area contributed by atoms with Crippen molar-refractivity contribution in [1.29, 1.82) is 0 Å². The lowest BCUT2D eigenvalue weighted by molar-refractivity contribution is 0.275. The van der Waals surface area contributed by atoms with Crippen LogP contribution < -0.4 is 4.90 Å². The zero-order chi connectivity index (χ0) is 10.7. The molecule has 0 aromatic carbocycles. The summed E-state index contributed by atoms with van der Waals surface area (Å²) in [5.41, 5.74) is 0. The molecular weight excluding hydrogens is 212 g/mol. The minimum atomic E-state index is 0.238. The SMILES string of the molecule is OCCC1CCCN1c1cccc(Cl)n1. The molecule has 0 radical (unpaired) electrons. The second-order valence-corrected chi connectivity index (χ2v) is 4.21. The summed E-state index contributed by atoms with van der Waals surface area (Å²) in [6.07, 6.45) is 3.11. The van der Waals surface area contributed by atoms with E-state index in [1.807, 2.05) is 12.1 Å². The summed E-state index contributed by atoms with van der Waals surface area (Å²) < 4.78 is 0. The summed E-state index contributed by atoms with van der Waals surface area (Å²) in [7, 11) is 0. The second-order valence-electron chi connectivity index (χ2n) is 3.82. The molecule has 3 nitrogen and oxygen atoms in total. The molecule has 82 valence electrons. The first-order valence-electron chi connectivity index (χ1n) is 5.31. The molecule has 1 unspecified atom stereocenters. The molecule has 0 bridgehead atoms. The van der Waals surface area contributed by atoms with Crippen LogP contribution in [0.3, 0.4) is 0 Å². The van der Waals surface area contributed by atoms with E-state index >= 15 is 0 Å². The molecule has 0 amide bonds. The van der Waals surface area contributed by atoms with Gasteiger partial charge in [0.05, 0.1) is 0 Å². The van der Waals surface area contributed by atoms with E-state index in [1.54, 1.807) is 6.07 Å². The van der Waals surface area contributed by atoms with Gasteiger partial charge in [0.2, 0.25) is 0 Å². The smallest absolute Gasteiger partial charge is 0.131 e. The van der Waals surface area contributed by atoms with Gasteiger partial charge in [-0.15, -0.1) is 0 Å². The maximum absolute atomic E-state index is 8.97. The Hall–Kier alpha value is -0.800. The fraction of sp³-hybridized carbons (Fsp3) is 0.545. The predicted octanol–water partition coefficient (Wildman–Crippen LogP) is 2.09. The largest absolute Gasteiger partial charge is 0.396 e. The molecule has 1 aliphatic rings. The van der Waals surface area contributed by atoms with Crippen LogP contribution in [0.1, 0.15) is 19.3 Å². The first kappa shape index (κ1) is 10.7. The second kappa shape index (κ2) is 4.81. The van der Waals surface area contributed by atoms with E-state index in [1.165, 1.54) is 6.42 Å². The lowest BCUT2D eigenvalue weighted by Gasteiger charge is -2.25. The van der Waals surface area contributed by atoms with Gasteiger partial charge in [0.25, 0.3) is 0 Å². The van der Waals surface area contributed by atoms with Gasteiger partial charge in [-0.2, -0.15) is 0 Å². The normalized spacial score (nSPS) is 20.9. The quantitative estimate of drug-likeness (QED) is 0.802. The molecule has 1 aliphatic heterocycles. The van der Waals surface area contributed by atoms with Crippen molar-refractivity contribution in [3.8, 4) is 0 Å². The summed E-state index contributed by atoms with van der Waals surface area (Å²) in [5.74, 6) is 0.929. The van der Waals surface area contributed by atoms with Gasteiger partial charge in [-0.25, -0.2) is 4.98 Å². The summed E-state index contributed by atoms with van der Waals surface area (Å²) in [4.78, 5) is 6.54. The number of aromatic nitrogens is 1. The Kier molecular flexibility index (Phi) is 3.44. The van der Waals surface area contributed by atoms with Gasteiger partial charge in [-0.05, 0) is 31.4 Å². The summed E-state index contributed by atoms with van der Waals surface area (Å²) in [5, 5.41) is 9.50. The third-order valence-electron chi connectivity index (χ3n) is 2.83. The molecule has 1 atom stereocenters. The molecular formula is C11H15ClN2O. The van der Waals surface area contributed by atoms with Crippen LogP contribution in [0, 0.1) is 0 Å². The molecule has 1 aromatic rings. The topological polar surface area (TPSA) is 36.4 Å². The fourth-order valence-electron chi connectivity index (χ4n) is 2.14. The molecule has 0 spiro atoms. The Morgan fingerprint density at radius 1 is 1.53 bits per heavy atom. The van der Waals surface area contributed by atoms with Crippen LogP contribution in [-0.2, 0) is 0 Å². The number of halogens is 1. The average Bonchev–Trinajstić information content (AvgIpc) is 2.66. The van der Waals surface area contributed by atoms with Crippen molar-refractivity contribution in [3.63, 3.8) is 0 Å². The van der Waals surface area contributed by atoms with Crippen LogP contribution in [0.2, 0.25) is 5.15 Å². The van der Waals surface area contributed by atoms with E-state index in [4.69, 9.17) is 16.7 Å². The highest BCUT2D eigenvalue weighted by atomic mass is 35.5. The zero-order valence-electron chi connectivity index (χ0n) is 8.56. The number of hydrogen-bond acceptors (Lipinski definition) is 3. The Morgan fingerprint density at radius 3 is 3.13 bits per heavy atom. The highest BCUT2D eigenvalue weighted by Crippen LogP contribution is 2.26. The van der Waals surface area contributed by atoms with Crippen molar-refractivity contribution in [3.05, 3.63) is 23.4 Å². The molecule has 1 saturated heterocycles. The minimum absolute atomic E-state index is 0.238. The third-order valence-corrected chi connectivity index (χ3v) is 3.04. The number of hydrogen-bond donors (Lipinski definition) is 1. The highest BCUT2D eigenvalue weighted by Gasteiger charge is 2.24. The minimum Gasteiger partial charge on any atom is -0.396 e. The van der Waals surface area contributed by atoms with Crippen molar-refractivity contribution in [2.75, 3.05) is 18.1 Å². The number of pyridine rings is 1. The van der Waals surface area contributed by atoms with Gasteiger partial charge in [0.15, 0.2) is 0 Å². The number of anilines is 1. The monoisotopic (exact) mass is 226 g/mol. The Balaban J connectivity index is 2.15. The van der Waals surface area contributed by atoms with E-state index in [2.05, 4.69) is 9.88 Å². The molecule has 1 N–H and O–H groups in total. The number of aliphatic hydroxyl groups is 1. The zero-order valence-corrected chi connectivity index (χ0v) is 9.32. The molecule has 2 rings (SSSR count). The molecule has 0 aliphatic carbocycles. The molecule has 15 heavy (non-hydrogen) atoms. The number of nitrogens with zero attached hydrogens (tertiary/aromatic N) is 2. The van der Waals surface area contributed by atoms with Crippen LogP contribution in [0.15, 0.2) is 18.2 Å². The average molecular weight is 227 g/mol. The molecule has 1 fully saturated rings. The van der Waals surface area contributed by atoms with E-state index < -0.39 is 0 Å². The van der Waals surface area contributed by atoms with Crippen molar-refractivity contribution in [2.45, 2.75) is 25.3 Å². The van der Waals surface area contributed by atoms with Gasteiger partial charge in [0, 0.05) is 19.2 Å². The van der Waals surface area contributed by atoms with Crippen molar-refractivity contribution in [1.82, 2.24) is 4.98 Å². The summed E-state index contributed by atoms with van der Waals surface area (Å²) in [6.45, 7) is 1.25. The highest BCUT2D eigenvalue weighted by molar-refractivity contribution is 6.29. The van der Waals surface area contributed by atoms with Gasteiger partial charge < -0.3 is 10.0 Å². The standard InChI is InChI=1S/C11H15ClN2O/c12-10-4-1-5-11(13-10)14-7-2-3-9(14)6-8-15/h1,4-5,9,15H,2-3,6-8H2. The van der Waals surface area contributed by atoms with Crippen LogP contribution in [0.5, 0.6) is 0 Å². The predicted molar refractivity (Wildman–Crippen MR) is 61.3 cm³/mol. The Labute approximate surface area is 94.7 Å². The maximum atomic E-state index is 8.97. The van der Waals surface area contributed by atoms with E-state index in [9.17, 15) is 0 Å². The summed E-state index contributed by atoms with van der Waals surface area (Å²) in [6, 6.07) is 6.09. The molecule has 0 saturated carbocycles. The molecule has 2 heterocycles. The van der Waals surface area contributed by atoms with E-state index in [-0.39, 0.29) is 6.61 Å². The molecule has 4 heteroatoms. The van der Waals surface area contributed by atoms with Crippen LogP contribution in [-0.4, -0.2) is 29.3 Å². The Morgan fingerprint density at radius 2 is 2.40 bits per heavy atom. The Bertz CT molecular complexity index is 332. The van der Waals surface area contributed by atoms with E-state index in [0.29, 0.717) is 11.2 Å². The van der Waals surface area contributed by atoms with Gasteiger partial charge in [-0.3, -0.25) is 0 Å². The van der Waals surface area contributed by atoms with Gasteiger partial charge in [-0.1, -0.05) is 17.7 Å². The van der Waals surface area contributed by atoms with Gasteiger partial charge >= 0.3 is 0 Å². The third kappa shape index (κ3) is 2.41. The van der Waals surface area contributed by atoms with E-state index in [0.717, 1.165) is 25.2 Å². The van der Waals surface area contributed by atoms with Crippen LogP contribution >= 0.6 is 11.6 Å². The fourth-order valence-corrected chi connectivity index (χ4v) is 2.30. The summed E-state index contributed by atoms with van der Waals surface area (Å²) >= 11 is 5.86. The van der Waals surface area contributed by atoms with Crippen molar-refractivity contribution >= 4 is 17.4 Å². The maximum Gasteiger partial charge on any atom is 0.131 e.